The Balaban J connectivity index is 2.20. The van der Waals surface area contributed by atoms with Gasteiger partial charge in [0.25, 0.3) is 11.8 Å². The number of aromatic nitrogens is 1. The van der Waals surface area contributed by atoms with Crippen molar-refractivity contribution in [3.8, 4) is 5.75 Å². The van der Waals surface area contributed by atoms with E-state index in [0.29, 0.717) is 29.5 Å². The van der Waals surface area contributed by atoms with Crippen molar-refractivity contribution < 1.29 is 19.1 Å². The molecule has 0 bridgehead atoms. The van der Waals surface area contributed by atoms with Gasteiger partial charge in [0.15, 0.2) is 5.69 Å². The van der Waals surface area contributed by atoms with Crippen LogP contribution in [0.4, 0.5) is 11.4 Å². The Morgan fingerprint density at radius 2 is 1.78 bits per heavy atom. The van der Waals surface area contributed by atoms with Gasteiger partial charge in [0.1, 0.15) is 16.7 Å². The van der Waals surface area contributed by atoms with Crippen molar-refractivity contribution in [1.29, 1.82) is 0 Å². The maximum atomic E-state index is 14.1. The number of benzene rings is 2. The predicted molar refractivity (Wildman–Crippen MR) is 146 cm³/mol. The SMILES string of the molecule is COc1ccc([C@H](C(=O)NCCC(C)C)N(C(=O)c2snc(C(N)=O)c2N)c2ccc(C)cc2C)cc1. The van der Waals surface area contributed by atoms with E-state index in [2.05, 4.69) is 23.5 Å². The van der Waals surface area contributed by atoms with E-state index >= 15 is 0 Å². The third-order valence-electron chi connectivity index (χ3n) is 5.95. The number of nitrogens with one attached hydrogen (secondary N) is 1. The predicted octanol–water partition coefficient (Wildman–Crippen LogP) is 4.00. The number of methoxy groups -OCH3 is 1. The minimum absolute atomic E-state index is 0.0299. The van der Waals surface area contributed by atoms with Crippen molar-refractivity contribution in [2.75, 3.05) is 24.3 Å². The number of aryl methyl sites for hydroxylation is 2. The molecule has 3 rings (SSSR count). The van der Waals surface area contributed by atoms with Crippen LogP contribution in [0.1, 0.15) is 63.2 Å². The molecule has 3 amide bonds. The number of hydrogen-bond acceptors (Lipinski definition) is 7. The zero-order valence-electron chi connectivity index (χ0n) is 21.7. The summed E-state index contributed by atoms with van der Waals surface area (Å²) >= 11 is 0.778. The number of primary amides is 1. The fourth-order valence-electron chi connectivity index (χ4n) is 3.96. The minimum Gasteiger partial charge on any atom is -0.497 e. The van der Waals surface area contributed by atoms with Gasteiger partial charge in [0.2, 0.25) is 5.91 Å². The highest BCUT2D eigenvalue weighted by atomic mass is 32.1. The van der Waals surface area contributed by atoms with Crippen LogP contribution in [0, 0.1) is 19.8 Å². The quantitative estimate of drug-likeness (QED) is 0.367. The van der Waals surface area contributed by atoms with Crippen molar-refractivity contribution in [2.45, 2.75) is 40.2 Å². The van der Waals surface area contributed by atoms with Gasteiger partial charge in [0, 0.05) is 12.2 Å². The smallest absolute Gasteiger partial charge is 0.273 e. The van der Waals surface area contributed by atoms with Gasteiger partial charge in [-0.15, -0.1) is 0 Å². The van der Waals surface area contributed by atoms with E-state index in [1.54, 1.807) is 37.4 Å². The van der Waals surface area contributed by atoms with Crippen LogP contribution in [-0.2, 0) is 4.79 Å². The first-order valence-electron chi connectivity index (χ1n) is 11.9. The van der Waals surface area contributed by atoms with Crippen molar-refractivity contribution in [3.63, 3.8) is 0 Å². The maximum Gasteiger partial charge on any atom is 0.273 e. The van der Waals surface area contributed by atoms with Gasteiger partial charge in [-0.05, 0) is 67.0 Å². The lowest BCUT2D eigenvalue weighted by atomic mass is 10.00. The summed E-state index contributed by atoms with van der Waals surface area (Å²) in [5.41, 5.74) is 14.1. The van der Waals surface area contributed by atoms with Crippen LogP contribution in [0.5, 0.6) is 5.75 Å². The molecule has 0 aliphatic carbocycles. The topological polar surface area (TPSA) is 141 Å². The number of ether oxygens (including phenoxy) is 1. The van der Waals surface area contributed by atoms with Gasteiger partial charge in [-0.2, -0.15) is 4.37 Å². The highest BCUT2D eigenvalue weighted by Gasteiger charge is 2.36. The third-order valence-corrected chi connectivity index (χ3v) is 6.80. The maximum absolute atomic E-state index is 14.1. The molecular weight excluding hydrogens is 490 g/mol. The molecule has 10 heteroatoms. The third kappa shape index (κ3) is 6.26. The molecule has 0 aliphatic rings. The van der Waals surface area contributed by atoms with Gasteiger partial charge in [-0.3, -0.25) is 19.3 Å². The van der Waals surface area contributed by atoms with E-state index in [0.717, 1.165) is 29.1 Å². The lowest BCUT2D eigenvalue weighted by molar-refractivity contribution is -0.122. The van der Waals surface area contributed by atoms with Crippen LogP contribution < -0.4 is 26.4 Å². The lowest BCUT2D eigenvalue weighted by Gasteiger charge is -2.32. The number of nitrogens with two attached hydrogens (primary N) is 2. The van der Waals surface area contributed by atoms with Crippen molar-refractivity contribution in [1.82, 2.24) is 9.69 Å². The van der Waals surface area contributed by atoms with E-state index < -0.39 is 17.9 Å². The number of rotatable bonds is 10. The molecule has 0 spiro atoms. The molecule has 0 fully saturated rings. The Morgan fingerprint density at radius 3 is 2.32 bits per heavy atom. The molecule has 1 heterocycles. The molecule has 3 aromatic rings. The number of nitrogen functional groups attached to an aromatic ring is 1. The van der Waals surface area contributed by atoms with E-state index in [4.69, 9.17) is 16.2 Å². The van der Waals surface area contributed by atoms with Crippen molar-refractivity contribution in [2.24, 2.45) is 11.7 Å². The summed E-state index contributed by atoms with van der Waals surface area (Å²) in [6, 6.07) is 11.5. The molecule has 5 N–H and O–H groups in total. The fourth-order valence-corrected chi connectivity index (χ4v) is 4.71. The highest BCUT2D eigenvalue weighted by Crippen LogP contribution is 2.35. The molecule has 0 unspecified atom stereocenters. The van der Waals surface area contributed by atoms with Gasteiger partial charge >= 0.3 is 0 Å². The van der Waals surface area contributed by atoms with Crippen LogP contribution in [0.2, 0.25) is 0 Å². The molecule has 1 aromatic heterocycles. The van der Waals surface area contributed by atoms with Crippen LogP contribution in [0.15, 0.2) is 42.5 Å². The van der Waals surface area contributed by atoms with Crippen LogP contribution in [-0.4, -0.2) is 35.7 Å². The van der Waals surface area contributed by atoms with Gasteiger partial charge in [-0.25, -0.2) is 0 Å². The Kier molecular flexibility index (Phi) is 8.88. The Hall–Kier alpha value is -3.92. The summed E-state index contributed by atoms with van der Waals surface area (Å²) in [6.07, 6.45) is 0.780. The summed E-state index contributed by atoms with van der Waals surface area (Å²) in [5, 5.41) is 2.98. The van der Waals surface area contributed by atoms with Crippen molar-refractivity contribution >= 4 is 40.6 Å². The van der Waals surface area contributed by atoms with Crippen LogP contribution >= 0.6 is 11.5 Å². The molecule has 0 aliphatic heterocycles. The molecule has 9 nitrogen and oxygen atoms in total. The molecule has 0 saturated carbocycles. The van der Waals surface area contributed by atoms with E-state index in [1.807, 2.05) is 26.0 Å². The van der Waals surface area contributed by atoms with Gasteiger partial charge < -0.3 is 21.5 Å². The molecule has 1 atom stereocenters. The number of carbonyl (C=O) groups excluding carboxylic acids is 3. The number of anilines is 2. The summed E-state index contributed by atoms with van der Waals surface area (Å²) in [7, 11) is 1.56. The zero-order chi connectivity index (χ0) is 27.3. The molecule has 37 heavy (non-hydrogen) atoms. The second-order valence-corrected chi connectivity index (χ2v) is 10.0. The number of hydrogen-bond donors (Lipinski definition) is 3. The number of carbonyl (C=O) groups is 3. The highest BCUT2D eigenvalue weighted by molar-refractivity contribution is 7.09. The lowest BCUT2D eigenvalue weighted by Crippen LogP contribution is -2.44. The second kappa shape index (κ2) is 11.9. The van der Waals surface area contributed by atoms with Gasteiger partial charge in [-0.1, -0.05) is 43.7 Å². The first-order chi connectivity index (χ1) is 17.5. The first-order valence-corrected chi connectivity index (χ1v) is 12.7. The summed E-state index contributed by atoms with van der Waals surface area (Å²) in [6.45, 7) is 8.41. The molecule has 0 radical (unpaired) electrons. The van der Waals surface area contributed by atoms with Crippen LogP contribution in [0.3, 0.4) is 0 Å². The van der Waals surface area contributed by atoms with E-state index in [9.17, 15) is 14.4 Å². The number of amides is 3. The van der Waals surface area contributed by atoms with Crippen molar-refractivity contribution in [3.05, 3.63) is 69.7 Å². The van der Waals surface area contributed by atoms with Crippen LogP contribution in [0.25, 0.3) is 0 Å². The van der Waals surface area contributed by atoms with E-state index in [-0.39, 0.29) is 22.2 Å². The Morgan fingerprint density at radius 1 is 1.11 bits per heavy atom. The minimum atomic E-state index is -1.04. The Labute approximate surface area is 221 Å². The zero-order valence-corrected chi connectivity index (χ0v) is 22.5. The normalized spacial score (nSPS) is 11.7. The molecular formula is C27H33N5O4S. The fraction of sp³-hybridized carbons (Fsp3) is 0.333. The standard InChI is InChI=1S/C27H33N5O4S/c1-15(2)12-13-30-26(34)23(18-7-9-19(36-5)10-8-18)32(20-11-6-16(3)14-17(20)4)27(35)24-21(28)22(25(29)33)31-37-24/h6-11,14-15,23H,12-13,28H2,1-5H3,(H2,29,33)(H,30,34)/t23-/m1/s1. The molecule has 0 saturated heterocycles. The molecule has 2 aromatic carbocycles. The average molecular weight is 524 g/mol. The second-order valence-electron chi connectivity index (χ2n) is 9.25. The largest absolute Gasteiger partial charge is 0.497 e. The first kappa shape index (κ1) is 27.7. The van der Waals surface area contributed by atoms with Gasteiger partial charge in [0.05, 0.1) is 12.8 Å². The Bertz CT molecular complexity index is 1290. The summed E-state index contributed by atoms with van der Waals surface area (Å²) in [5.74, 6) is -0.735. The molecule has 196 valence electrons. The number of nitrogens with zero attached hydrogens (tertiary/aromatic N) is 2. The summed E-state index contributed by atoms with van der Waals surface area (Å²) in [4.78, 5) is 41.1. The van der Waals surface area contributed by atoms with E-state index in [1.165, 1.54) is 4.90 Å². The average Bonchev–Trinajstić information content (AvgIpc) is 3.24. The monoisotopic (exact) mass is 523 g/mol. The summed E-state index contributed by atoms with van der Waals surface area (Å²) < 4.78 is 9.28.